The second-order valence-corrected chi connectivity index (χ2v) is 9.46. The monoisotopic (exact) mass is 503 g/mol. The Morgan fingerprint density at radius 1 is 1.11 bits per heavy atom. The predicted molar refractivity (Wildman–Crippen MR) is 137 cm³/mol. The van der Waals surface area contributed by atoms with Gasteiger partial charge in [0.1, 0.15) is 24.1 Å². The lowest BCUT2D eigenvalue weighted by molar-refractivity contribution is -0.0282. The summed E-state index contributed by atoms with van der Waals surface area (Å²) in [6.45, 7) is 1.32. The molecule has 0 saturated carbocycles. The molecule has 2 amide bonds. The predicted octanol–water partition coefficient (Wildman–Crippen LogP) is 2.06. The van der Waals surface area contributed by atoms with Gasteiger partial charge in [-0.05, 0) is 49.2 Å². The number of aromatic nitrogens is 5. The van der Waals surface area contributed by atoms with Gasteiger partial charge >= 0.3 is 6.03 Å². The van der Waals surface area contributed by atoms with Crippen molar-refractivity contribution in [1.82, 2.24) is 34.1 Å². The standard InChI is InChI=1S/C26H29N7O4/c1-30(2)25(35)31-13-10-26(36,11-14-31)17-32-18-28-23-22(24(32)34)15-29-33(23)20-6-8-21(9-7-20)37-16-19-5-3-4-12-27-19/h3-9,12,15,18,36H,10-11,13-14,16-17H2,1-2H3. The van der Waals surface area contributed by atoms with Gasteiger partial charge in [-0.15, -0.1) is 0 Å². The average Bonchev–Trinajstić information content (AvgIpc) is 3.35. The van der Waals surface area contributed by atoms with Crippen LogP contribution in [0.15, 0.2) is 66.0 Å². The van der Waals surface area contributed by atoms with Crippen molar-refractivity contribution in [1.29, 1.82) is 0 Å². The number of hydrogen-bond donors (Lipinski definition) is 1. The Hall–Kier alpha value is -4.25. The summed E-state index contributed by atoms with van der Waals surface area (Å²) in [6.07, 6.45) is 5.43. The van der Waals surface area contributed by atoms with E-state index in [1.807, 2.05) is 42.5 Å². The smallest absolute Gasteiger partial charge is 0.319 e. The molecule has 1 aromatic carbocycles. The Bertz CT molecular complexity index is 1440. The number of aliphatic hydroxyl groups is 1. The molecule has 5 rings (SSSR count). The van der Waals surface area contributed by atoms with Crippen LogP contribution in [-0.2, 0) is 13.2 Å². The number of carbonyl (C=O) groups excluding carboxylic acids is 1. The summed E-state index contributed by atoms with van der Waals surface area (Å²) >= 11 is 0. The second kappa shape index (κ2) is 10.0. The Labute approximate surface area is 213 Å². The van der Waals surface area contributed by atoms with Gasteiger partial charge in [0.2, 0.25) is 0 Å². The van der Waals surface area contributed by atoms with E-state index in [1.165, 1.54) is 22.0 Å². The molecule has 0 atom stereocenters. The van der Waals surface area contributed by atoms with Gasteiger partial charge in [0.05, 0.1) is 29.7 Å². The summed E-state index contributed by atoms with van der Waals surface area (Å²) in [5.41, 5.74) is 0.640. The molecule has 1 N–H and O–H groups in total. The molecule has 4 aromatic rings. The van der Waals surface area contributed by atoms with Gasteiger partial charge in [-0.1, -0.05) is 6.07 Å². The lowest BCUT2D eigenvalue weighted by Gasteiger charge is -2.39. The van der Waals surface area contributed by atoms with Gasteiger partial charge in [0, 0.05) is 33.4 Å². The Morgan fingerprint density at radius 2 is 1.86 bits per heavy atom. The summed E-state index contributed by atoms with van der Waals surface area (Å²) in [5, 5.41) is 15.9. The van der Waals surface area contributed by atoms with Crippen LogP contribution in [0.2, 0.25) is 0 Å². The molecular formula is C26H29N7O4. The Morgan fingerprint density at radius 3 is 2.54 bits per heavy atom. The zero-order chi connectivity index (χ0) is 26.0. The third kappa shape index (κ3) is 5.17. The van der Waals surface area contributed by atoms with Crippen molar-refractivity contribution in [2.45, 2.75) is 31.6 Å². The van der Waals surface area contributed by atoms with Crippen LogP contribution in [0.5, 0.6) is 5.75 Å². The molecule has 0 spiro atoms. The molecule has 11 heteroatoms. The van der Waals surface area contributed by atoms with E-state index < -0.39 is 5.60 Å². The number of hydrogen-bond acceptors (Lipinski definition) is 7. The molecule has 4 heterocycles. The first-order chi connectivity index (χ1) is 17.8. The fraction of sp³-hybridized carbons (Fsp3) is 0.346. The number of ether oxygens (including phenoxy) is 1. The third-order valence-electron chi connectivity index (χ3n) is 6.56. The van der Waals surface area contributed by atoms with Crippen LogP contribution < -0.4 is 10.3 Å². The highest BCUT2D eigenvalue weighted by Crippen LogP contribution is 2.25. The molecular weight excluding hydrogens is 474 g/mol. The number of urea groups is 1. The van der Waals surface area contributed by atoms with Crippen LogP contribution in [-0.4, -0.2) is 78.0 Å². The highest BCUT2D eigenvalue weighted by molar-refractivity contribution is 5.75. The highest BCUT2D eigenvalue weighted by atomic mass is 16.5. The number of nitrogens with zero attached hydrogens (tertiary/aromatic N) is 7. The molecule has 1 fully saturated rings. The third-order valence-corrected chi connectivity index (χ3v) is 6.56. The molecule has 37 heavy (non-hydrogen) atoms. The average molecular weight is 504 g/mol. The van der Waals surface area contributed by atoms with E-state index in [4.69, 9.17) is 4.74 Å². The maximum atomic E-state index is 13.2. The first kappa shape index (κ1) is 24.4. The fourth-order valence-electron chi connectivity index (χ4n) is 4.45. The molecule has 1 saturated heterocycles. The van der Waals surface area contributed by atoms with Crippen molar-refractivity contribution < 1.29 is 14.6 Å². The summed E-state index contributed by atoms with van der Waals surface area (Å²) in [7, 11) is 3.41. The van der Waals surface area contributed by atoms with Gasteiger partial charge in [0.15, 0.2) is 5.65 Å². The minimum Gasteiger partial charge on any atom is -0.487 e. The van der Waals surface area contributed by atoms with Crippen molar-refractivity contribution in [3.8, 4) is 11.4 Å². The summed E-state index contributed by atoms with van der Waals surface area (Å²) in [5.74, 6) is 0.688. The molecule has 11 nitrogen and oxygen atoms in total. The van der Waals surface area contributed by atoms with Crippen molar-refractivity contribution >= 4 is 17.1 Å². The quantitative estimate of drug-likeness (QED) is 0.428. The van der Waals surface area contributed by atoms with Crippen molar-refractivity contribution in [2.24, 2.45) is 0 Å². The van der Waals surface area contributed by atoms with E-state index in [-0.39, 0.29) is 18.1 Å². The number of rotatable bonds is 6. The van der Waals surface area contributed by atoms with Gasteiger partial charge in [-0.25, -0.2) is 14.5 Å². The van der Waals surface area contributed by atoms with Crippen LogP contribution in [0.25, 0.3) is 16.7 Å². The molecule has 1 aliphatic rings. The zero-order valence-corrected chi connectivity index (χ0v) is 20.8. The molecule has 0 unspecified atom stereocenters. The molecule has 1 aliphatic heterocycles. The van der Waals surface area contributed by atoms with E-state index >= 15 is 0 Å². The van der Waals surface area contributed by atoms with Crippen LogP contribution in [0.1, 0.15) is 18.5 Å². The van der Waals surface area contributed by atoms with Crippen LogP contribution >= 0.6 is 0 Å². The van der Waals surface area contributed by atoms with Gasteiger partial charge in [0.25, 0.3) is 5.56 Å². The van der Waals surface area contributed by atoms with Crippen LogP contribution in [0.4, 0.5) is 4.79 Å². The molecule has 0 aliphatic carbocycles. The van der Waals surface area contributed by atoms with Crippen LogP contribution in [0.3, 0.4) is 0 Å². The lowest BCUT2D eigenvalue weighted by Crippen LogP contribution is -2.51. The fourth-order valence-corrected chi connectivity index (χ4v) is 4.45. The largest absolute Gasteiger partial charge is 0.487 e. The summed E-state index contributed by atoms with van der Waals surface area (Å²) < 4.78 is 8.81. The van der Waals surface area contributed by atoms with Gasteiger partial charge in [-0.3, -0.25) is 14.3 Å². The van der Waals surface area contributed by atoms with Gasteiger partial charge < -0.3 is 19.6 Å². The number of carbonyl (C=O) groups is 1. The first-order valence-corrected chi connectivity index (χ1v) is 12.1. The van der Waals surface area contributed by atoms with E-state index in [9.17, 15) is 14.7 Å². The van der Waals surface area contributed by atoms with Crippen molar-refractivity contribution in [3.05, 3.63) is 77.2 Å². The number of pyridine rings is 1. The van der Waals surface area contributed by atoms with E-state index in [2.05, 4.69) is 15.1 Å². The Balaban J connectivity index is 1.29. The maximum Gasteiger partial charge on any atom is 0.319 e. The van der Waals surface area contributed by atoms with E-state index in [1.54, 1.807) is 29.9 Å². The van der Waals surface area contributed by atoms with E-state index in [0.29, 0.717) is 49.3 Å². The second-order valence-electron chi connectivity index (χ2n) is 9.46. The molecule has 192 valence electrons. The maximum absolute atomic E-state index is 13.2. The van der Waals surface area contributed by atoms with Crippen LogP contribution in [0, 0.1) is 0 Å². The number of fused-ring (bicyclic) bond motifs is 1. The van der Waals surface area contributed by atoms with E-state index in [0.717, 1.165) is 11.4 Å². The highest BCUT2D eigenvalue weighted by Gasteiger charge is 2.35. The minimum absolute atomic E-state index is 0.0810. The molecule has 0 radical (unpaired) electrons. The van der Waals surface area contributed by atoms with Crippen molar-refractivity contribution in [2.75, 3.05) is 27.2 Å². The minimum atomic E-state index is -1.09. The SMILES string of the molecule is CN(C)C(=O)N1CCC(O)(Cn2cnc3c(cnn3-c3ccc(OCc4ccccn4)cc3)c2=O)CC1. The molecule has 3 aromatic heterocycles. The van der Waals surface area contributed by atoms with Crippen molar-refractivity contribution in [3.63, 3.8) is 0 Å². The van der Waals surface area contributed by atoms with Gasteiger partial charge in [-0.2, -0.15) is 5.10 Å². The normalized spacial score (nSPS) is 15.1. The Kier molecular flexibility index (Phi) is 6.62. The topological polar surface area (TPSA) is 119 Å². The summed E-state index contributed by atoms with van der Waals surface area (Å²) in [6, 6.07) is 12.9. The summed E-state index contributed by atoms with van der Waals surface area (Å²) in [4.78, 5) is 37.3. The number of amides is 2. The first-order valence-electron chi connectivity index (χ1n) is 12.1. The number of likely N-dealkylation sites (tertiary alicyclic amines) is 1. The zero-order valence-electron chi connectivity index (χ0n) is 20.8. The lowest BCUT2D eigenvalue weighted by atomic mass is 9.91. The number of benzene rings is 1. The number of piperidine rings is 1. The molecule has 0 bridgehead atoms.